The Hall–Kier alpha value is -0.840. The molecule has 0 saturated carbocycles. The molecule has 0 saturated heterocycles. The molecule has 0 spiro atoms. The molecule has 1 aromatic heterocycles. The van der Waals surface area contributed by atoms with Crippen molar-refractivity contribution in [2.75, 3.05) is 0 Å². The van der Waals surface area contributed by atoms with E-state index in [-0.39, 0.29) is 10.7 Å². The highest BCUT2D eigenvalue weighted by atomic mass is 79.9. The summed E-state index contributed by atoms with van der Waals surface area (Å²) in [4.78, 5) is 14.9. The summed E-state index contributed by atoms with van der Waals surface area (Å²) in [6.45, 7) is 1.84. The summed E-state index contributed by atoms with van der Waals surface area (Å²) in [5, 5.41) is 10.2. The Bertz CT molecular complexity index is 643. The molecular formula is C11H6BrCl2NO2. The molecule has 1 N–H and O–H groups in total. The minimum Gasteiger partial charge on any atom is -0.477 e. The third-order valence-corrected chi connectivity index (χ3v) is 3.72. The lowest BCUT2D eigenvalue weighted by atomic mass is 10.1. The van der Waals surface area contributed by atoms with Gasteiger partial charge in [0.05, 0.1) is 15.6 Å². The van der Waals surface area contributed by atoms with Crippen LogP contribution in [0.2, 0.25) is 10.0 Å². The highest BCUT2D eigenvalue weighted by Crippen LogP contribution is 2.36. The van der Waals surface area contributed by atoms with E-state index in [1.165, 1.54) is 6.07 Å². The van der Waals surface area contributed by atoms with Gasteiger partial charge in [0.2, 0.25) is 0 Å². The maximum absolute atomic E-state index is 10.9. The second-order valence-electron chi connectivity index (χ2n) is 3.51. The van der Waals surface area contributed by atoms with Crippen molar-refractivity contribution in [3.63, 3.8) is 0 Å². The predicted molar refractivity (Wildman–Crippen MR) is 71.2 cm³/mol. The molecule has 0 atom stereocenters. The highest BCUT2D eigenvalue weighted by molar-refractivity contribution is 9.10. The fourth-order valence-corrected chi connectivity index (χ4v) is 2.74. The number of nitrogens with zero attached hydrogens (tertiary/aromatic N) is 1. The quantitative estimate of drug-likeness (QED) is 0.845. The second kappa shape index (κ2) is 4.44. The number of halogens is 3. The zero-order chi connectivity index (χ0) is 12.7. The van der Waals surface area contributed by atoms with Crippen molar-refractivity contribution in [1.82, 2.24) is 4.98 Å². The van der Waals surface area contributed by atoms with Crippen molar-refractivity contribution in [1.29, 1.82) is 0 Å². The van der Waals surface area contributed by atoms with E-state index in [4.69, 9.17) is 28.3 Å². The first-order valence-corrected chi connectivity index (χ1v) is 6.15. The molecule has 0 fully saturated rings. The van der Waals surface area contributed by atoms with Crippen molar-refractivity contribution in [2.45, 2.75) is 6.92 Å². The number of benzene rings is 1. The van der Waals surface area contributed by atoms with Crippen LogP contribution in [0.1, 0.15) is 16.1 Å². The molecule has 0 radical (unpaired) electrons. The zero-order valence-corrected chi connectivity index (χ0v) is 11.7. The van der Waals surface area contributed by atoms with Gasteiger partial charge < -0.3 is 5.11 Å². The summed E-state index contributed by atoms with van der Waals surface area (Å²) < 4.78 is 0.666. The van der Waals surface area contributed by atoms with E-state index in [2.05, 4.69) is 20.9 Å². The van der Waals surface area contributed by atoms with Crippen LogP contribution in [-0.2, 0) is 0 Å². The van der Waals surface area contributed by atoms with E-state index in [0.717, 1.165) is 5.56 Å². The average Bonchev–Trinajstić information content (AvgIpc) is 2.25. The number of hydrogen-bond donors (Lipinski definition) is 1. The number of fused-ring (bicyclic) bond motifs is 1. The largest absolute Gasteiger partial charge is 0.477 e. The molecule has 0 aliphatic rings. The lowest BCUT2D eigenvalue weighted by molar-refractivity contribution is 0.0691. The summed E-state index contributed by atoms with van der Waals surface area (Å²) in [7, 11) is 0. The van der Waals surface area contributed by atoms with Gasteiger partial charge in [-0.25, -0.2) is 9.78 Å². The first-order chi connectivity index (χ1) is 7.91. The molecule has 0 aliphatic heterocycles. The van der Waals surface area contributed by atoms with E-state index in [1.54, 1.807) is 6.07 Å². The summed E-state index contributed by atoms with van der Waals surface area (Å²) in [5.74, 6) is -1.13. The third-order valence-electron chi connectivity index (χ3n) is 2.33. The van der Waals surface area contributed by atoms with Gasteiger partial charge >= 0.3 is 5.97 Å². The van der Waals surface area contributed by atoms with Crippen molar-refractivity contribution in [3.05, 3.63) is 37.9 Å². The fourth-order valence-electron chi connectivity index (χ4n) is 1.52. The Kier molecular flexibility index (Phi) is 3.30. The van der Waals surface area contributed by atoms with Gasteiger partial charge in [-0.3, -0.25) is 0 Å². The normalized spacial score (nSPS) is 10.8. The van der Waals surface area contributed by atoms with E-state index in [0.29, 0.717) is 20.4 Å². The molecule has 2 aromatic rings. The molecule has 0 unspecified atom stereocenters. The number of aromatic nitrogens is 1. The van der Waals surface area contributed by atoms with Crippen LogP contribution in [0.3, 0.4) is 0 Å². The van der Waals surface area contributed by atoms with Crippen LogP contribution < -0.4 is 0 Å². The predicted octanol–water partition coefficient (Wildman–Crippen LogP) is 4.31. The highest BCUT2D eigenvalue weighted by Gasteiger charge is 2.15. The number of rotatable bonds is 1. The average molecular weight is 335 g/mol. The molecule has 0 aliphatic carbocycles. The molecule has 1 aromatic carbocycles. The number of carboxylic acid groups (broad SMARTS) is 1. The van der Waals surface area contributed by atoms with Gasteiger partial charge in [-0.05, 0) is 40.5 Å². The molecule has 0 bridgehead atoms. The Morgan fingerprint density at radius 3 is 2.65 bits per heavy atom. The summed E-state index contributed by atoms with van der Waals surface area (Å²) in [5.41, 5.74) is 1.19. The molecule has 3 nitrogen and oxygen atoms in total. The van der Waals surface area contributed by atoms with Gasteiger partial charge in [0.15, 0.2) is 0 Å². The van der Waals surface area contributed by atoms with E-state index >= 15 is 0 Å². The van der Waals surface area contributed by atoms with Crippen molar-refractivity contribution < 1.29 is 9.90 Å². The van der Waals surface area contributed by atoms with Crippen molar-refractivity contribution in [2.24, 2.45) is 0 Å². The third kappa shape index (κ3) is 2.12. The first kappa shape index (κ1) is 12.6. The maximum atomic E-state index is 10.9. The number of aromatic carboxylic acids is 1. The molecule has 2 rings (SSSR count). The van der Waals surface area contributed by atoms with Crippen molar-refractivity contribution >= 4 is 56.0 Å². The molecular weight excluding hydrogens is 329 g/mol. The smallest absolute Gasteiger partial charge is 0.354 e. The number of carboxylic acids is 1. The van der Waals surface area contributed by atoms with Crippen LogP contribution in [0.25, 0.3) is 10.9 Å². The summed E-state index contributed by atoms with van der Waals surface area (Å²) in [6.07, 6.45) is 0. The van der Waals surface area contributed by atoms with Crippen LogP contribution in [0.5, 0.6) is 0 Å². The molecule has 17 heavy (non-hydrogen) atoms. The zero-order valence-electron chi connectivity index (χ0n) is 8.59. The molecule has 0 amide bonds. The summed E-state index contributed by atoms with van der Waals surface area (Å²) in [6, 6.07) is 3.07. The lowest BCUT2D eigenvalue weighted by Gasteiger charge is -2.08. The Morgan fingerprint density at radius 1 is 1.41 bits per heavy atom. The monoisotopic (exact) mass is 333 g/mol. The van der Waals surface area contributed by atoms with E-state index in [1.807, 2.05) is 6.92 Å². The minimum absolute atomic E-state index is 0.108. The van der Waals surface area contributed by atoms with Crippen LogP contribution in [0.15, 0.2) is 16.6 Å². The van der Waals surface area contributed by atoms with Crippen LogP contribution >= 0.6 is 39.1 Å². The van der Waals surface area contributed by atoms with E-state index in [9.17, 15) is 4.79 Å². The Labute approximate surface area is 115 Å². The number of hydrogen-bond acceptors (Lipinski definition) is 2. The first-order valence-electron chi connectivity index (χ1n) is 4.60. The van der Waals surface area contributed by atoms with Gasteiger partial charge in [-0.2, -0.15) is 0 Å². The topological polar surface area (TPSA) is 50.2 Å². The Balaban J connectivity index is 2.95. The fraction of sp³-hybridized carbons (Fsp3) is 0.0909. The minimum atomic E-state index is -1.13. The Morgan fingerprint density at radius 2 is 2.06 bits per heavy atom. The van der Waals surface area contributed by atoms with Gasteiger partial charge in [0.1, 0.15) is 5.69 Å². The number of carbonyl (C=O) groups is 1. The molecule has 6 heteroatoms. The van der Waals surface area contributed by atoms with Crippen molar-refractivity contribution in [3.8, 4) is 0 Å². The van der Waals surface area contributed by atoms with Crippen LogP contribution in [0.4, 0.5) is 0 Å². The maximum Gasteiger partial charge on any atom is 0.354 e. The summed E-state index contributed by atoms with van der Waals surface area (Å²) >= 11 is 15.5. The molecule has 1 heterocycles. The number of pyridine rings is 1. The lowest BCUT2D eigenvalue weighted by Crippen LogP contribution is -2.01. The SMILES string of the molecule is Cc1cc(Br)c2nc(C(=O)O)cc(Cl)c2c1Cl. The van der Waals surface area contributed by atoms with Crippen LogP contribution in [-0.4, -0.2) is 16.1 Å². The van der Waals surface area contributed by atoms with Gasteiger partial charge in [-0.15, -0.1) is 0 Å². The van der Waals surface area contributed by atoms with Gasteiger partial charge in [-0.1, -0.05) is 23.2 Å². The van der Waals surface area contributed by atoms with E-state index < -0.39 is 5.97 Å². The second-order valence-corrected chi connectivity index (χ2v) is 5.15. The van der Waals surface area contributed by atoms with Crippen LogP contribution in [0, 0.1) is 6.92 Å². The standard InChI is InChI=1S/C11H6BrCl2NO2/c1-4-2-5(12)10-8(9(4)14)6(13)3-7(15-10)11(16)17/h2-3H,1H3,(H,16,17). The van der Waals surface area contributed by atoms with Gasteiger partial charge in [0.25, 0.3) is 0 Å². The number of aryl methyl sites for hydroxylation is 1. The molecule has 88 valence electrons. The van der Waals surface area contributed by atoms with Gasteiger partial charge in [0, 0.05) is 9.86 Å².